The second-order valence-corrected chi connectivity index (χ2v) is 11.4. The van der Waals surface area contributed by atoms with Crippen LogP contribution in [0.15, 0.2) is 53.6 Å². The van der Waals surface area contributed by atoms with Gasteiger partial charge >= 0.3 is 5.97 Å². The summed E-state index contributed by atoms with van der Waals surface area (Å²) in [7, 11) is 0. The fourth-order valence-electron chi connectivity index (χ4n) is 5.73. The van der Waals surface area contributed by atoms with E-state index in [0.717, 1.165) is 18.6 Å². The predicted molar refractivity (Wildman–Crippen MR) is 161 cm³/mol. The number of aliphatic hydroxyl groups excluding tert-OH is 4. The molecule has 1 saturated heterocycles. The van der Waals surface area contributed by atoms with Gasteiger partial charge in [0.1, 0.15) is 53.1 Å². The number of hydrogen-bond donors (Lipinski definition) is 7. The van der Waals surface area contributed by atoms with Crippen LogP contribution in [0.1, 0.15) is 49.3 Å². The molecule has 6 atom stereocenters. The van der Waals surface area contributed by atoms with Crippen LogP contribution >= 0.6 is 0 Å². The van der Waals surface area contributed by atoms with Crippen LogP contribution in [0.25, 0.3) is 5.76 Å². The SMILES string of the molecule is N=C1C=CC(CCOc2ccc(C3C=C(O)c4c(cc(OC5OC(C(=O)O)C(O)C(O)C5O)c(OC5CCCC5)c4O)O3)cc2)=N1. The highest BCUT2D eigenvalue weighted by molar-refractivity contribution is 6.14. The number of benzene rings is 2. The number of nitrogens with one attached hydrogen (secondary N) is 1. The topological polar surface area (TPSA) is 221 Å². The average Bonchev–Trinajstić information content (AvgIpc) is 3.70. The molecule has 46 heavy (non-hydrogen) atoms. The van der Waals surface area contributed by atoms with Crippen LogP contribution < -0.4 is 18.9 Å². The Hall–Kier alpha value is -4.63. The van der Waals surface area contributed by atoms with E-state index in [-0.39, 0.29) is 40.5 Å². The number of phenolic OH excluding ortho intramolecular Hbond substituents is 1. The maximum absolute atomic E-state index is 11.6. The first-order valence-electron chi connectivity index (χ1n) is 14.9. The molecule has 7 N–H and O–H groups in total. The second kappa shape index (κ2) is 13.0. The molecule has 4 aliphatic rings. The van der Waals surface area contributed by atoms with Gasteiger partial charge in [-0.25, -0.2) is 9.79 Å². The van der Waals surface area contributed by atoms with Crippen LogP contribution in [0.4, 0.5) is 0 Å². The van der Waals surface area contributed by atoms with Gasteiger partial charge in [-0.05, 0) is 55.5 Å². The minimum absolute atomic E-state index is 0.00627. The number of aliphatic hydroxyl groups is 4. The lowest BCUT2D eigenvalue weighted by atomic mass is 9.99. The molecule has 0 bridgehead atoms. The molecule has 6 unspecified atom stereocenters. The molecule has 1 saturated carbocycles. The Kier molecular flexibility index (Phi) is 8.86. The van der Waals surface area contributed by atoms with Gasteiger partial charge in [-0.1, -0.05) is 12.1 Å². The van der Waals surface area contributed by atoms with Crippen molar-refractivity contribution in [3.8, 4) is 28.7 Å². The summed E-state index contributed by atoms with van der Waals surface area (Å²) in [5.74, 6) is -1.97. The highest BCUT2D eigenvalue weighted by Crippen LogP contribution is 2.51. The smallest absolute Gasteiger partial charge is 0.335 e. The Morgan fingerprint density at radius 3 is 2.41 bits per heavy atom. The van der Waals surface area contributed by atoms with Crippen LogP contribution in [-0.4, -0.2) is 91.6 Å². The van der Waals surface area contributed by atoms with Gasteiger partial charge in [0.15, 0.2) is 17.6 Å². The van der Waals surface area contributed by atoms with E-state index in [0.29, 0.717) is 37.2 Å². The molecule has 244 valence electrons. The van der Waals surface area contributed by atoms with Gasteiger partial charge in [0, 0.05) is 24.3 Å². The van der Waals surface area contributed by atoms with Crippen molar-refractivity contribution in [3.63, 3.8) is 0 Å². The molecule has 3 heterocycles. The standard InChI is InChI=1S/C32H34N2O12/c33-23-10-7-16(34-23)11-12-42-17-8-5-15(6-9-17)20-13-19(35)24-21(44-20)14-22(29(25(24)36)43-18-3-1-2-4-18)45-32-28(39)26(37)27(38)30(46-32)31(40)41/h5-10,13-14,18,20,26-28,30,32-33,35-39H,1-4,11-12H2,(H,40,41). The minimum Gasteiger partial charge on any atom is -0.507 e. The summed E-state index contributed by atoms with van der Waals surface area (Å²) in [4.78, 5) is 15.7. The monoisotopic (exact) mass is 638 g/mol. The van der Waals surface area contributed by atoms with Crippen molar-refractivity contribution in [1.82, 2.24) is 0 Å². The van der Waals surface area contributed by atoms with E-state index in [1.807, 2.05) is 0 Å². The third-order valence-electron chi connectivity index (χ3n) is 8.18. The summed E-state index contributed by atoms with van der Waals surface area (Å²) < 4.78 is 29.1. The Labute approximate surface area is 262 Å². The lowest BCUT2D eigenvalue weighted by Crippen LogP contribution is -2.61. The molecule has 14 nitrogen and oxygen atoms in total. The first-order valence-corrected chi connectivity index (χ1v) is 14.9. The molecule has 2 aromatic carbocycles. The van der Waals surface area contributed by atoms with E-state index in [1.165, 1.54) is 12.1 Å². The number of phenols is 1. The van der Waals surface area contributed by atoms with Gasteiger partial charge in [0.05, 0.1) is 12.7 Å². The normalized spacial score (nSPS) is 27.4. The molecular formula is C32H34N2O12. The predicted octanol–water partition coefficient (Wildman–Crippen LogP) is 2.77. The highest BCUT2D eigenvalue weighted by Gasteiger charge is 2.48. The minimum atomic E-state index is -1.92. The fraction of sp³-hybridized carbons (Fsp3) is 0.406. The number of aliphatic imine (C=N–C) groups is 1. The zero-order chi connectivity index (χ0) is 32.5. The van der Waals surface area contributed by atoms with Crippen LogP contribution in [0.2, 0.25) is 0 Å². The van der Waals surface area contributed by atoms with Crippen molar-refractivity contribution < 1.29 is 59.1 Å². The molecule has 0 amide bonds. The van der Waals surface area contributed by atoms with E-state index in [9.17, 15) is 35.4 Å². The quantitative estimate of drug-likeness (QED) is 0.200. The maximum Gasteiger partial charge on any atom is 0.335 e. The van der Waals surface area contributed by atoms with Crippen molar-refractivity contribution in [2.45, 2.75) is 75.0 Å². The number of carboxylic acid groups (broad SMARTS) is 1. The number of nitrogens with zero attached hydrogens (tertiary/aromatic N) is 1. The van der Waals surface area contributed by atoms with Gasteiger partial charge in [-0.2, -0.15) is 0 Å². The molecule has 3 aliphatic heterocycles. The van der Waals surface area contributed by atoms with Crippen molar-refractivity contribution in [2.75, 3.05) is 6.61 Å². The first-order chi connectivity index (χ1) is 22.1. The number of amidine groups is 1. The zero-order valence-electron chi connectivity index (χ0n) is 24.5. The third-order valence-corrected chi connectivity index (χ3v) is 8.18. The number of hydrogen-bond acceptors (Lipinski definition) is 12. The molecule has 2 fully saturated rings. The summed E-state index contributed by atoms with van der Waals surface area (Å²) in [6.45, 7) is 0.361. The first kappa shape index (κ1) is 31.4. The van der Waals surface area contributed by atoms with Crippen molar-refractivity contribution >= 4 is 23.3 Å². The van der Waals surface area contributed by atoms with Crippen LogP contribution in [0.3, 0.4) is 0 Å². The van der Waals surface area contributed by atoms with E-state index < -0.39 is 48.5 Å². The number of fused-ring (bicyclic) bond motifs is 1. The Morgan fingerprint density at radius 2 is 1.74 bits per heavy atom. The van der Waals surface area contributed by atoms with E-state index >= 15 is 0 Å². The summed E-state index contributed by atoms with van der Waals surface area (Å²) >= 11 is 0. The molecule has 0 radical (unpaired) electrons. The molecule has 2 aromatic rings. The number of aromatic hydroxyl groups is 1. The summed E-state index contributed by atoms with van der Waals surface area (Å²) in [5, 5.41) is 70.3. The Balaban J connectivity index is 1.24. The van der Waals surface area contributed by atoms with Crippen LogP contribution in [0, 0.1) is 5.41 Å². The Bertz CT molecular complexity index is 1580. The summed E-state index contributed by atoms with van der Waals surface area (Å²) in [5.41, 5.74) is 1.35. The van der Waals surface area contributed by atoms with Crippen LogP contribution in [0.5, 0.6) is 28.7 Å². The summed E-state index contributed by atoms with van der Waals surface area (Å²) in [6, 6.07) is 8.28. The third kappa shape index (κ3) is 6.37. The maximum atomic E-state index is 11.6. The molecular weight excluding hydrogens is 604 g/mol. The lowest BCUT2D eigenvalue weighted by Gasteiger charge is -2.38. The van der Waals surface area contributed by atoms with Gasteiger partial charge in [0.2, 0.25) is 12.0 Å². The van der Waals surface area contributed by atoms with Crippen LogP contribution in [-0.2, 0) is 9.53 Å². The van der Waals surface area contributed by atoms with Gasteiger partial charge in [-0.3, -0.25) is 5.41 Å². The van der Waals surface area contributed by atoms with Crippen molar-refractivity contribution in [3.05, 3.63) is 59.7 Å². The zero-order valence-corrected chi connectivity index (χ0v) is 24.5. The number of allylic oxidation sites excluding steroid dienone is 1. The number of carboxylic acids is 1. The molecule has 14 heteroatoms. The van der Waals surface area contributed by atoms with Gasteiger partial charge < -0.3 is 54.3 Å². The number of rotatable bonds is 10. The van der Waals surface area contributed by atoms with E-state index in [1.54, 1.807) is 36.4 Å². The highest BCUT2D eigenvalue weighted by atomic mass is 16.7. The molecule has 1 aliphatic carbocycles. The second-order valence-electron chi connectivity index (χ2n) is 11.4. The van der Waals surface area contributed by atoms with E-state index in [2.05, 4.69) is 4.99 Å². The largest absolute Gasteiger partial charge is 0.507 e. The Morgan fingerprint density at radius 1 is 1.00 bits per heavy atom. The lowest BCUT2D eigenvalue weighted by molar-refractivity contribution is -0.271. The number of ether oxygens (including phenoxy) is 5. The van der Waals surface area contributed by atoms with Crippen molar-refractivity contribution in [1.29, 1.82) is 5.41 Å². The number of aliphatic carboxylic acids is 1. The van der Waals surface area contributed by atoms with Gasteiger partial charge in [-0.15, -0.1) is 0 Å². The average molecular weight is 639 g/mol. The van der Waals surface area contributed by atoms with Crippen molar-refractivity contribution in [2.24, 2.45) is 4.99 Å². The molecule has 6 rings (SSSR count). The summed E-state index contributed by atoms with van der Waals surface area (Å²) in [6.07, 6.45) is -1.92. The molecule has 0 spiro atoms. The fourth-order valence-corrected chi connectivity index (χ4v) is 5.73. The number of carbonyl (C=O) groups is 1. The van der Waals surface area contributed by atoms with E-state index in [4.69, 9.17) is 29.1 Å². The molecule has 0 aromatic heterocycles. The van der Waals surface area contributed by atoms with Gasteiger partial charge in [0.25, 0.3) is 0 Å².